The minimum absolute atomic E-state index is 0.214. The van der Waals surface area contributed by atoms with Crippen LogP contribution in [0.25, 0.3) is 22.1 Å². The molecule has 3 N–H and O–H groups in total. The molecule has 2 amide bonds. The second kappa shape index (κ2) is 9.23. The maximum absolute atomic E-state index is 13.4. The Kier molecular flexibility index (Phi) is 5.83. The van der Waals surface area contributed by atoms with E-state index in [-0.39, 0.29) is 11.7 Å². The third-order valence-corrected chi connectivity index (χ3v) is 7.23. The molecule has 1 saturated carbocycles. The highest BCUT2D eigenvalue weighted by Crippen LogP contribution is 2.45. The molecule has 5 aromatic rings. The van der Waals surface area contributed by atoms with Gasteiger partial charge in [0, 0.05) is 17.4 Å². The average molecular weight is 524 g/mol. The summed E-state index contributed by atoms with van der Waals surface area (Å²) < 4.78 is 25.0. The fraction of sp³-hybridized carbons (Fsp3) is 0.194. The van der Waals surface area contributed by atoms with Gasteiger partial charge in [-0.1, -0.05) is 24.3 Å². The topological polar surface area (TPSA) is 111 Å². The highest BCUT2D eigenvalue weighted by Gasteiger charge is 2.50. The summed E-state index contributed by atoms with van der Waals surface area (Å²) in [6.07, 6.45) is 3.49. The number of nitrogens with two attached hydrogens (primary N) is 1. The number of aromatic nitrogens is 1. The molecule has 0 bridgehead atoms. The van der Waals surface area contributed by atoms with Crippen LogP contribution in [0.1, 0.15) is 62.1 Å². The molecule has 3 aromatic carbocycles. The van der Waals surface area contributed by atoms with Crippen molar-refractivity contribution in [2.24, 2.45) is 5.73 Å². The number of benzene rings is 3. The fourth-order valence-electron chi connectivity index (χ4n) is 4.96. The Balaban J connectivity index is 1.33. The Labute approximate surface area is 223 Å². The van der Waals surface area contributed by atoms with Gasteiger partial charge in [0.1, 0.15) is 28.5 Å². The molecular formula is C31H26FN3O4. The number of rotatable bonds is 7. The fourth-order valence-corrected chi connectivity index (χ4v) is 4.96. The lowest BCUT2D eigenvalue weighted by atomic mass is 9.95. The number of primary amides is 1. The van der Waals surface area contributed by atoms with E-state index in [9.17, 15) is 14.0 Å². The zero-order valence-corrected chi connectivity index (χ0v) is 21.5. The van der Waals surface area contributed by atoms with Crippen LogP contribution in [0, 0.1) is 19.7 Å². The number of amides is 2. The number of fused-ring (bicyclic) bond motifs is 1. The lowest BCUT2D eigenvalue weighted by Gasteiger charge is -2.15. The van der Waals surface area contributed by atoms with E-state index in [0.29, 0.717) is 45.9 Å². The minimum Gasteiger partial charge on any atom is -0.460 e. The summed E-state index contributed by atoms with van der Waals surface area (Å²) in [7, 11) is 0. The van der Waals surface area contributed by atoms with Gasteiger partial charge < -0.3 is 19.9 Å². The van der Waals surface area contributed by atoms with E-state index in [4.69, 9.17) is 14.6 Å². The molecule has 196 valence electrons. The van der Waals surface area contributed by atoms with E-state index in [1.165, 1.54) is 12.1 Å². The van der Waals surface area contributed by atoms with Gasteiger partial charge in [-0.25, -0.2) is 9.37 Å². The van der Waals surface area contributed by atoms with Gasteiger partial charge in [0.2, 0.25) is 5.89 Å². The molecule has 1 aliphatic carbocycles. The van der Waals surface area contributed by atoms with Crippen LogP contribution in [0.2, 0.25) is 0 Å². The van der Waals surface area contributed by atoms with Crippen LogP contribution in [0.15, 0.2) is 75.7 Å². The number of hydrogen-bond acceptors (Lipinski definition) is 5. The number of aryl methyl sites for hydroxylation is 2. The molecule has 7 nitrogen and oxygen atoms in total. The van der Waals surface area contributed by atoms with Crippen LogP contribution in [0.4, 0.5) is 4.39 Å². The predicted octanol–water partition coefficient (Wildman–Crippen LogP) is 5.95. The van der Waals surface area contributed by atoms with Crippen LogP contribution >= 0.6 is 0 Å². The van der Waals surface area contributed by atoms with Crippen molar-refractivity contribution < 1.29 is 22.8 Å². The van der Waals surface area contributed by atoms with Gasteiger partial charge >= 0.3 is 0 Å². The summed E-state index contributed by atoms with van der Waals surface area (Å²) in [6, 6.07) is 17.1. The Morgan fingerprint density at radius 2 is 1.79 bits per heavy atom. The summed E-state index contributed by atoms with van der Waals surface area (Å²) in [5.41, 5.74) is 9.94. The van der Waals surface area contributed by atoms with Gasteiger partial charge in [-0.15, -0.1) is 0 Å². The van der Waals surface area contributed by atoms with Gasteiger partial charge in [0.05, 0.1) is 11.8 Å². The molecular weight excluding hydrogens is 497 g/mol. The first-order valence-corrected chi connectivity index (χ1v) is 12.7. The maximum Gasteiger partial charge on any atom is 0.252 e. The molecule has 1 aliphatic rings. The van der Waals surface area contributed by atoms with Crippen molar-refractivity contribution in [1.29, 1.82) is 0 Å². The normalized spacial score (nSPS) is 13.9. The van der Waals surface area contributed by atoms with E-state index in [0.717, 1.165) is 35.1 Å². The van der Waals surface area contributed by atoms with E-state index in [2.05, 4.69) is 10.3 Å². The first-order valence-electron chi connectivity index (χ1n) is 12.7. The molecule has 1 fully saturated rings. The quantitative estimate of drug-likeness (QED) is 0.274. The number of hydrogen-bond donors (Lipinski definition) is 2. The van der Waals surface area contributed by atoms with Crippen LogP contribution in [-0.2, 0) is 12.0 Å². The molecule has 2 heterocycles. The Morgan fingerprint density at radius 1 is 1.03 bits per heavy atom. The Hall–Kier alpha value is -4.72. The third kappa shape index (κ3) is 4.58. The number of carbonyl (C=O) groups is 2. The van der Waals surface area contributed by atoms with Crippen molar-refractivity contribution in [3.05, 3.63) is 112 Å². The molecule has 0 aliphatic heterocycles. The number of oxazole rings is 1. The van der Waals surface area contributed by atoms with Gasteiger partial charge in [0.15, 0.2) is 0 Å². The molecule has 39 heavy (non-hydrogen) atoms. The Morgan fingerprint density at radius 3 is 2.46 bits per heavy atom. The standard InChI is InChI=1S/C31H26FN3O4/c1-17-3-6-21(29(37)35-31(11-12-31)30-34-16-18(2)38-30)15-23(17)20-7-10-25-24(14-20)27(28(33)36)26(39-25)13-19-4-8-22(32)9-5-19/h3-10,14-16H,11-13H2,1-2H3,(H2,33,36)(H,35,37). The highest BCUT2D eigenvalue weighted by molar-refractivity contribution is 6.07. The van der Waals surface area contributed by atoms with Crippen molar-refractivity contribution in [3.8, 4) is 11.1 Å². The van der Waals surface area contributed by atoms with Crippen molar-refractivity contribution in [2.45, 2.75) is 38.6 Å². The molecule has 6 rings (SSSR count). The second-order valence-electron chi connectivity index (χ2n) is 10.1. The lowest BCUT2D eigenvalue weighted by molar-refractivity contribution is 0.0921. The highest BCUT2D eigenvalue weighted by atomic mass is 19.1. The number of nitrogens with one attached hydrogen (secondary N) is 1. The van der Waals surface area contributed by atoms with Crippen molar-refractivity contribution in [3.63, 3.8) is 0 Å². The molecule has 0 atom stereocenters. The third-order valence-electron chi connectivity index (χ3n) is 7.23. The maximum atomic E-state index is 13.4. The zero-order chi connectivity index (χ0) is 27.3. The largest absolute Gasteiger partial charge is 0.460 e. The smallest absolute Gasteiger partial charge is 0.252 e. The molecule has 0 unspecified atom stereocenters. The molecule has 0 radical (unpaired) electrons. The average Bonchev–Trinajstić information content (AvgIpc) is 3.39. The molecule has 8 heteroatoms. The van der Waals surface area contributed by atoms with Crippen LogP contribution in [-0.4, -0.2) is 16.8 Å². The van der Waals surface area contributed by atoms with Crippen molar-refractivity contribution in [1.82, 2.24) is 10.3 Å². The predicted molar refractivity (Wildman–Crippen MR) is 144 cm³/mol. The number of furan rings is 1. The summed E-state index contributed by atoms with van der Waals surface area (Å²) in [5.74, 6) is 0.491. The van der Waals surface area contributed by atoms with Gasteiger partial charge in [0.25, 0.3) is 11.8 Å². The SMILES string of the molecule is Cc1cnc(C2(NC(=O)c3ccc(C)c(-c4ccc5oc(Cc6ccc(F)cc6)c(C(N)=O)c5c4)c3)CC2)o1. The van der Waals surface area contributed by atoms with Gasteiger partial charge in [-0.05, 0) is 85.3 Å². The Bertz CT molecular complexity index is 1750. The van der Waals surface area contributed by atoms with Crippen molar-refractivity contribution >= 4 is 22.8 Å². The van der Waals surface area contributed by atoms with Gasteiger partial charge in [-0.3, -0.25) is 9.59 Å². The molecule has 0 spiro atoms. The number of nitrogens with zero attached hydrogens (tertiary/aromatic N) is 1. The number of carbonyl (C=O) groups excluding carboxylic acids is 2. The summed E-state index contributed by atoms with van der Waals surface area (Å²) in [6.45, 7) is 3.79. The number of halogens is 1. The van der Waals surface area contributed by atoms with E-state index >= 15 is 0 Å². The molecule has 0 saturated heterocycles. The minimum atomic E-state index is -0.607. The van der Waals surface area contributed by atoms with Crippen LogP contribution in [0.3, 0.4) is 0 Å². The summed E-state index contributed by atoms with van der Waals surface area (Å²) in [4.78, 5) is 30.1. The summed E-state index contributed by atoms with van der Waals surface area (Å²) in [5, 5.41) is 3.69. The monoisotopic (exact) mass is 523 g/mol. The van der Waals surface area contributed by atoms with Crippen molar-refractivity contribution in [2.75, 3.05) is 0 Å². The van der Waals surface area contributed by atoms with Crippen LogP contribution in [0.5, 0.6) is 0 Å². The van der Waals surface area contributed by atoms with Gasteiger partial charge in [-0.2, -0.15) is 0 Å². The van der Waals surface area contributed by atoms with Crippen LogP contribution < -0.4 is 11.1 Å². The van der Waals surface area contributed by atoms with E-state index in [1.54, 1.807) is 30.5 Å². The second-order valence-corrected chi connectivity index (χ2v) is 10.1. The zero-order valence-electron chi connectivity index (χ0n) is 21.5. The lowest BCUT2D eigenvalue weighted by Crippen LogP contribution is -2.35. The first kappa shape index (κ1) is 24.6. The molecule has 2 aromatic heterocycles. The van der Waals surface area contributed by atoms with E-state index < -0.39 is 11.4 Å². The summed E-state index contributed by atoms with van der Waals surface area (Å²) >= 11 is 0. The first-order chi connectivity index (χ1) is 18.7. The van der Waals surface area contributed by atoms with E-state index in [1.807, 2.05) is 38.1 Å².